The van der Waals surface area contributed by atoms with Crippen LogP contribution in [0.5, 0.6) is 5.75 Å². The van der Waals surface area contributed by atoms with Crippen LogP contribution in [0.3, 0.4) is 0 Å². The van der Waals surface area contributed by atoms with Crippen molar-refractivity contribution in [1.82, 2.24) is 0 Å². The van der Waals surface area contributed by atoms with E-state index in [0.29, 0.717) is 11.4 Å². The van der Waals surface area contributed by atoms with E-state index >= 15 is 0 Å². The van der Waals surface area contributed by atoms with Crippen molar-refractivity contribution in [2.75, 3.05) is 6.61 Å². The van der Waals surface area contributed by atoms with Crippen molar-refractivity contribution >= 4 is 5.69 Å². The fraction of sp³-hybridized carbons (Fsp3) is 0.250. The Morgan fingerprint density at radius 1 is 1.36 bits per heavy atom. The van der Waals surface area contributed by atoms with Gasteiger partial charge in [-0.05, 0) is 29.8 Å². The second-order valence-electron chi connectivity index (χ2n) is 2.39. The van der Waals surface area contributed by atoms with E-state index in [1.165, 1.54) is 24.3 Å². The topological polar surface area (TPSA) is 58.0 Å². The van der Waals surface area contributed by atoms with Crippen LogP contribution in [0, 0.1) is 0 Å². The van der Waals surface area contributed by atoms with E-state index in [2.05, 4.69) is 10.0 Å². The maximum Gasteiger partial charge on any atom is 0.272 e. The highest BCUT2D eigenvalue weighted by Gasteiger charge is 2.02. The molecule has 0 spiro atoms. The molecule has 0 radical (unpaired) electrons. The van der Waals surface area contributed by atoms with Crippen LogP contribution in [-0.2, 0) is 0 Å². The lowest BCUT2D eigenvalue weighted by Gasteiger charge is -2.04. The molecule has 4 nitrogen and oxygen atoms in total. The van der Waals surface area contributed by atoms with Crippen molar-refractivity contribution in [3.05, 3.63) is 34.7 Å². The van der Waals surface area contributed by atoms with Crippen molar-refractivity contribution in [1.29, 1.82) is 0 Å². The first-order chi connectivity index (χ1) is 6.72. The van der Waals surface area contributed by atoms with E-state index in [9.17, 15) is 8.78 Å². The molecule has 0 aromatic heterocycles. The molecule has 0 heterocycles. The largest absolute Gasteiger partial charge is 0.488 e. The summed E-state index contributed by atoms with van der Waals surface area (Å²) in [6.07, 6.45) is -2.49. The van der Waals surface area contributed by atoms with Crippen LogP contribution in [0.15, 0.2) is 29.4 Å². The van der Waals surface area contributed by atoms with Gasteiger partial charge < -0.3 is 4.74 Å². The molecule has 1 aromatic rings. The van der Waals surface area contributed by atoms with Crippen LogP contribution < -0.4 is 4.74 Å². The molecule has 1 rings (SSSR count). The Labute approximate surface area is 78.7 Å². The molecule has 0 N–H and O–H groups in total. The SMILES string of the molecule is [N-]=[N+]=Nc1ccc(OCC(F)F)cc1. The van der Waals surface area contributed by atoms with Gasteiger partial charge >= 0.3 is 0 Å². The third kappa shape index (κ3) is 3.28. The lowest BCUT2D eigenvalue weighted by molar-refractivity contribution is 0.0819. The fourth-order valence-electron chi connectivity index (χ4n) is 0.820. The number of nitrogens with zero attached hydrogens (tertiary/aromatic N) is 3. The zero-order chi connectivity index (χ0) is 10.4. The monoisotopic (exact) mass is 199 g/mol. The second kappa shape index (κ2) is 5.04. The van der Waals surface area contributed by atoms with Crippen LogP contribution in [-0.4, -0.2) is 13.0 Å². The minimum Gasteiger partial charge on any atom is -0.488 e. The highest BCUT2D eigenvalue weighted by molar-refractivity contribution is 5.40. The highest BCUT2D eigenvalue weighted by atomic mass is 19.3. The van der Waals surface area contributed by atoms with E-state index in [1.807, 2.05) is 0 Å². The van der Waals surface area contributed by atoms with Crippen molar-refractivity contribution in [2.24, 2.45) is 5.11 Å². The summed E-state index contributed by atoms with van der Waals surface area (Å²) >= 11 is 0. The van der Waals surface area contributed by atoms with Gasteiger partial charge in [0.15, 0.2) is 0 Å². The van der Waals surface area contributed by atoms with E-state index in [-0.39, 0.29) is 0 Å². The normalized spacial score (nSPS) is 9.64. The molecule has 0 aliphatic heterocycles. The summed E-state index contributed by atoms with van der Waals surface area (Å²) in [6.45, 7) is -0.638. The van der Waals surface area contributed by atoms with E-state index < -0.39 is 13.0 Å². The third-order valence-corrected chi connectivity index (χ3v) is 1.37. The summed E-state index contributed by atoms with van der Waals surface area (Å²) < 4.78 is 28.2. The summed E-state index contributed by atoms with van der Waals surface area (Å²) in [6, 6.07) is 5.90. The predicted octanol–water partition coefficient (Wildman–Crippen LogP) is 3.27. The maximum absolute atomic E-state index is 11.7. The summed E-state index contributed by atoms with van der Waals surface area (Å²) in [5.41, 5.74) is 8.51. The van der Waals surface area contributed by atoms with Gasteiger partial charge in [-0.3, -0.25) is 0 Å². The number of hydrogen-bond acceptors (Lipinski definition) is 2. The highest BCUT2D eigenvalue weighted by Crippen LogP contribution is 2.18. The first kappa shape index (κ1) is 10.3. The number of azide groups is 1. The van der Waals surface area contributed by atoms with Crippen LogP contribution in [0.4, 0.5) is 14.5 Å². The van der Waals surface area contributed by atoms with E-state index in [4.69, 9.17) is 10.3 Å². The Bertz CT molecular complexity index is 333. The van der Waals surface area contributed by atoms with Gasteiger partial charge in [0.1, 0.15) is 12.4 Å². The van der Waals surface area contributed by atoms with E-state index in [1.54, 1.807) is 0 Å². The zero-order valence-corrected chi connectivity index (χ0v) is 7.10. The minimum atomic E-state index is -2.49. The Morgan fingerprint density at radius 3 is 2.50 bits per heavy atom. The molecule has 1 aromatic carbocycles. The first-order valence-electron chi connectivity index (χ1n) is 3.78. The van der Waals surface area contributed by atoms with E-state index in [0.717, 1.165) is 0 Å². The van der Waals surface area contributed by atoms with Gasteiger partial charge in [0.2, 0.25) is 0 Å². The molecule has 0 aliphatic carbocycles. The fourth-order valence-corrected chi connectivity index (χ4v) is 0.820. The summed E-state index contributed by atoms with van der Waals surface area (Å²) in [5, 5.41) is 3.32. The van der Waals surface area contributed by atoms with Crippen LogP contribution in [0.25, 0.3) is 10.4 Å². The molecule has 0 bridgehead atoms. The molecule has 0 aliphatic rings. The zero-order valence-electron chi connectivity index (χ0n) is 7.10. The number of rotatable bonds is 4. The molecule has 0 amide bonds. The molecule has 6 heteroatoms. The van der Waals surface area contributed by atoms with Crippen molar-refractivity contribution < 1.29 is 13.5 Å². The van der Waals surface area contributed by atoms with Crippen molar-refractivity contribution in [3.8, 4) is 5.75 Å². The Morgan fingerprint density at radius 2 is 2.00 bits per heavy atom. The summed E-state index contributed by atoms with van der Waals surface area (Å²) in [7, 11) is 0. The van der Waals surface area contributed by atoms with Gasteiger partial charge in [-0.25, -0.2) is 8.78 Å². The van der Waals surface area contributed by atoms with Gasteiger partial charge in [0, 0.05) is 10.6 Å². The Hall–Kier alpha value is -1.81. The predicted molar refractivity (Wildman–Crippen MR) is 46.7 cm³/mol. The second-order valence-corrected chi connectivity index (χ2v) is 2.39. The van der Waals surface area contributed by atoms with Crippen molar-refractivity contribution in [2.45, 2.75) is 6.43 Å². The van der Waals surface area contributed by atoms with Crippen LogP contribution >= 0.6 is 0 Å². The van der Waals surface area contributed by atoms with Crippen molar-refractivity contribution in [3.63, 3.8) is 0 Å². The Balaban J connectivity index is 2.59. The number of alkyl halides is 2. The average molecular weight is 199 g/mol. The summed E-state index contributed by atoms with van der Waals surface area (Å²) in [5.74, 6) is 0.321. The van der Waals surface area contributed by atoms with Crippen LogP contribution in [0.1, 0.15) is 0 Å². The number of hydrogen-bond donors (Lipinski definition) is 0. The average Bonchev–Trinajstić information content (AvgIpc) is 2.17. The minimum absolute atomic E-state index is 0.321. The molecule has 74 valence electrons. The molecule has 14 heavy (non-hydrogen) atoms. The van der Waals surface area contributed by atoms with Gasteiger partial charge in [0.05, 0.1) is 0 Å². The summed E-state index contributed by atoms with van der Waals surface area (Å²) in [4.78, 5) is 2.57. The lowest BCUT2D eigenvalue weighted by Crippen LogP contribution is -2.06. The van der Waals surface area contributed by atoms with Gasteiger partial charge in [-0.2, -0.15) is 0 Å². The van der Waals surface area contributed by atoms with Gasteiger partial charge in [0.25, 0.3) is 6.43 Å². The molecule has 0 saturated heterocycles. The third-order valence-electron chi connectivity index (χ3n) is 1.37. The molecular formula is C8H7F2N3O. The van der Waals surface area contributed by atoms with Crippen LogP contribution in [0.2, 0.25) is 0 Å². The van der Waals surface area contributed by atoms with Gasteiger partial charge in [-0.1, -0.05) is 5.11 Å². The molecular weight excluding hydrogens is 192 g/mol. The molecule has 0 unspecified atom stereocenters. The number of ether oxygens (including phenoxy) is 1. The first-order valence-corrected chi connectivity index (χ1v) is 3.78. The quantitative estimate of drug-likeness (QED) is 0.417. The standard InChI is InChI=1S/C8H7F2N3O/c9-8(10)5-14-7-3-1-6(2-4-7)12-13-11/h1-4,8H,5H2. The van der Waals surface area contributed by atoms with Gasteiger partial charge in [-0.15, -0.1) is 0 Å². The Kier molecular flexibility index (Phi) is 3.69. The number of benzene rings is 1. The molecule has 0 fully saturated rings. The molecule has 0 saturated carbocycles. The number of halogens is 2. The smallest absolute Gasteiger partial charge is 0.272 e. The lowest BCUT2D eigenvalue weighted by atomic mass is 10.3. The molecule has 0 atom stereocenters. The maximum atomic E-state index is 11.7.